The van der Waals surface area contributed by atoms with Gasteiger partial charge >= 0.3 is 0 Å². The van der Waals surface area contributed by atoms with E-state index in [0.717, 1.165) is 0 Å². The lowest BCUT2D eigenvalue weighted by molar-refractivity contribution is 0.127. The van der Waals surface area contributed by atoms with Crippen molar-refractivity contribution in [2.24, 2.45) is 5.92 Å². The first-order valence-electron chi connectivity index (χ1n) is 7.45. The Hall–Kier alpha value is -1.49. The first-order valence-corrected chi connectivity index (χ1v) is 7.45. The molecule has 5 heteroatoms. The number of anilines is 2. The van der Waals surface area contributed by atoms with Gasteiger partial charge in [0, 0.05) is 18.7 Å². The van der Waals surface area contributed by atoms with Gasteiger partial charge in [-0.25, -0.2) is 4.39 Å². The molecule has 0 saturated heterocycles. The van der Waals surface area contributed by atoms with Crippen LogP contribution in [0.4, 0.5) is 15.8 Å². The summed E-state index contributed by atoms with van der Waals surface area (Å²) in [4.78, 5) is 0. The summed E-state index contributed by atoms with van der Waals surface area (Å²) in [5, 5.41) is 3.33. The molecule has 4 nitrogen and oxygen atoms in total. The number of hydrogen-bond donors (Lipinski definition) is 2. The van der Waals surface area contributed by atoms with Gasteiger partial charge in [-0.15, -0.1) is 0 Å². The third-order valence-corrected chi connectivity index (χ3v) is 3.11. The summed E-state index contributed by atoms with van der Waals surface area (Å²) < 4.78 is 24.8. The van der Waals surface area contributed by atoms with Gasteiger partial charge in [-0.2, -0.15) is 0 Å². The summed E-state index contributed by atoms with van der Waals surface area (Å²) in [7, 11) is 0. The minimum Gasteiger partial charge on any atom is -0.488 e. The molecule has 0 aliphatic rings. The van der Waals surface area contributed by atoms with Crippen LogP contribution in [0.2, 0.25) is 0 Å². The second-order valence-electron chi connectivity index (χ2n) is 5.69. The molecule has 1 aromatic carbocycles. The normalized spacial score (nSPS) is 12.8. The van der Waals surface area contributed by atoms with E-state index in [2.05, 4.69) is 19.2 Å². The van der Waals surface area contributed by atoms with Crippen molar-refractivity contribution in [3.8, 4) is 5.75 Å². The Kier molecular flexibility index (Phi) is 6.75. The quantitative estimate of drug-likeness (QED) is 0.719. The second kappa shape index (κ2) is 8.08. The molecule has 0 aromatic heterocycles. The number of nitrogens with one attached hydrogen (secondary N) is 1. The Labute approximate surface area is 126 Å². The molecule has 0 fully saturated rings. The molecule has 0 heterocycles. The average molecular weight is 298 g/mol. The van der Waals surface area contributed by atoms with E-state index >= 15 is 0 Å². The molecule has 1 rings (SSSR count). The van der Waals surface area contributed by atoms with Crippen LogP contribution in [0.1, 0.15) is 34.6 Å². The average Bonchev–Trinajstić information content (AvgIpc) is 2.38. The van der Waals surface area contributed by atoms with Crippen LogP contribution < -0.4 is 15.8 Å². The van der Waals surface area contributed by atoms with Crippen LogP contribution in [-0.4, -0.2) is 25.4 Å². The Morgan fingerprint density at radius 2 is 1.90 bits per heavy atom. The molecular weight excluding hydrogens is 271 g/mol. The molecule has 120 valence electrons. The maximum Gasteiger partial charge on any atom is 0.167 e. The largest absolute Gasteiger partial charge is 0.488 e. The topological polar surface area (TPSA) is 56.5 Å². The lowest BCUT2D eigenvalue weighted by Gasteiger charge is -2.24. The molecular formula is C16H27FN2O2. The van der Waals surface area contributed by atoms with Crippen molar-refractivity contribution in [1.82, 2.24) is 0 Å². The lowest BCUT2D eigenvalue weighted by atomic mass is 10.0. The van der Waals surface area contributed by atoms with Gasteiger partial charge in [0.05, 0.1) is 30.1 Å². The zero-order chi connectivity index (χ0) is 16.0. The van der Waals surface area contributed by atoms with E-state index in [1.165, 1.54) is 6.07 Å². The summed E-state index contributed by atoms with van der Waals surface area (Å²) in [6.07, 6.45) is -0.0969. The van der Waals surface area contributed by atoms with Gasteiger partial charge < -0.3 is 20.5 Å². The molecule has 0 aliphatic heterocycles. The predicted molar refractivity (Wildman–Crippen MR) is 85.3 cm³/mol. The van der Waals surface area contributed by atoms with Crippen molar-refractivity contribution in [3.05, 3.63) is 17.9 Å². The zero-order valence-corrected chi connectivity index (χ0v) is 13.6. The number of ether oxygens (including phenoxy) is 2. The van der Waals surface area contributed by atoms with Gasteiger partial charge in [0.1, 0.15) is 0 Å². The van der Waals surface area contributed by atoms with Gasteiger partial charge in [0.15, 0.2) is 11.6 Å². The molecule has 0 bridgehead atoms. The van der Waals surface area contributed by atoms with E-state index in [0.29, 0.717) is 30.5 Å². The number of rotatable bonds is 8. The highest BCUT2D eigenvalue weighted by molar-refractivity contribution is 5.69. The third kappa shape index (κ3) is 5.42. The van der Waals surface area contributed by atoms with Crippen molar-refractivity contribution < 1.29 is 13.9 Å². The minimum atomic E-state index is -0.447. The number of nitrogen functional groups attached to an aromatic ring is 1. The fourth-order valence-corrected chi connectivity index (χ4v) is 1.88. The molecule has 1 atom stereocenters. The highest BCUT2D eigenvalue weighted by Gasteiger charge is 2.17. The fraction of sp³-hybridized carbons (Fsp3) is 0.625. The third-order valence-electron chi connectivity index (χ3n) is 3.11. The first-order chi connectivity index (χ1) is 9.85. The van der Waals surface area contributed by atoms with Crippen molar-refractivity contribution in [2.45, 2.75) is 46.8 Å². The van der Waals surface area contributed by atoms with Crippen molar-refractivity contribution in [1.29, 1.82) is 0 Å². The highest BCUT2D eigenvalue weighted by Crippen LogP contribution is 2.30. The van der Waals surface area contributed by atoms with Gasteiger partial charge in [-0.05, 0) is 26.7 Å². The molecule has 0 amide bonds. The Morgan fingerprint density at radius 3 is 2.43 bits per heavy atom. The van der Waals surface area contributed by atoms with Crippen LogP contribution in [0.5, 0.6) is 5.75 Å². The minimum absolute atomic E-state index is 0.0969. The first kappa shape index (κ1) is 17.6. The van der Waals surface area contributed by atoms with Gasteiger partial charge in [0.25, 0.3) is 0 Å². The SMILES string of the molecule is CCOCC(Nc1cc(OC(C)C)c(F)cc1N)C(C)C. The van der Waals surface area contributed by atoms with E-state index < -0.39 is 5.82 Å². The molecule has 21 heavy (non-hydrogen) atoms. The number of halogens is 1. The van der Waals surface area contributed by atoms with E-state index in [1.807, 2.05) is 20.8 Å². The van der Waals surface area contributed by atoms with Crippen molar-refractivity contribution in [2.75, 3.05) is 24.3 Å². The predicted octanol–water partition coefficient (Wildman–Crippen LogP) is 3.67. The zero-order valence-electron chi connectivity index (χ0n) is 13.6. The number of nitrogens with two attached hydrogens (primary N) is 1. The molecule has 1 unspecified atom stereocenters. The van der Waals surface area contributed by atoms with Crippen LogP contribution in [0.25, 0.3) is 0 Å². The Bertz CT molecular complexity index is 450. The van der Waals surface area contributed by atoms with E-state index in [9.17, 15) is 4.39 Å². The summed E-state index contributed by atoms with van der Waals surface area (Å²) in [6.45, 7) is 11.1. The van der Waals surface area contributed by atoms with Crippen LogP contribution in [0.15, 0.2) is 12.1 Å². The van der Waals surface area contributed by atoms with Gasteiger partial charge in [-0.1, -0.05) is 13.8 Å². The highest BCUT2D eigenvalue weighted by atomic mass is 19.1. The van der Waals surface area contributed by atoms with E-state index in [1.54, 1.807) is 6.07 Å². The maximum absolute atomic E-state index is 13.8. The van der Waals surface area contributed by atoms with Gasteiger partial charge in [-0.3, -0.25) is 0 Å². The summed E-state index contributed by atoms with van der Waals surface area (Å²) >= 11 is 0. The summed E-state index contributed by atoms with van der Waals surface area (Å²) in [5.41, 5.74) is 6.94. The lowest BCUT2D eigenvalue weighted by Crippen LogP contribution is -2.31. The summed E-state index contributed by atoms with van der Waals surface area (Å²) in [6, 6.07) is 3.01. The smallest absolute Gasteiger partial charge is 0.167 e. The molecule has 0 spiro atoms. The fourth-order valence-electron chi connectivity index (χ4n) is 1.88. The molecule has 0 radical (unpaired) electrons. The molecule has 3 N–H and O–H groups in total. The standard InChI is InChI=1S/C16H27FN2O2/c1-6-20-9-15(10(2)3)19-14-8-16(21-11(4)5)12(17)7-13(14)18/h7-8,10-11,15,19H,6,9,18H2,1-5H3. The van der Waals surface area contributed by atoms with E-state index in [4.69, 9.17) is 15.2 Å². The van der Waals surface area contributed by atoms with Crippen LogP contribution in [0.3, 0.4) is 0 Å². The van der Waals surface area contributed by atoms with Crippen LogP contribution >= 0.6 is 0 Å². The Balaban J connectivity index is 2.94. The summed E-state index contributed by atoms with van der Waals surface area (Å²) in [5.74, 6) is 0.119. The molecule has 1 aromatic rings. The Morgan fingerprint density at radius 1 is 1.24 bits per heavy atom. The van der Waals surface area contributed by atoms with Crippen molar-refractivity contribution in [3.63, 3.8) is 0 Å². The number of hydrogen-bond acceptors (Lipinski definition) is 4. The second-order valence-corrected chi connectivity index (χ2v) is 5.69. The van der Waals surface area contributed by atoms with Crippen LogP contribution in [-0.2, 0) is 4.74 Å². The maximum atomic E-state index is 13.8. The monoisotopic (exact) mass is 298 g/mol. The molecule has 0 saturated carbocycles. The molecule has 0 aliphatic carbocycles. The number of benzene rings is 1. The van der Waals surface area contributed by atoms with E-state index in [-0.39, 0.29) is 17.9 Å². The van der Waals surface area contributed by atoms with Crippen molar-refractivity contribution >= 4 is 11.4 Å². The van der Waals surface area contributed by atoms with Crippen LogP contribution in [0, 0.1) is 11.7 Å². The van der Waals surface area contributed by atoms with Gasteiger partial charge in [0.2, 0.25) is 0 Å².